The number of ether oxygens (including phenoxy) is 1. The summed E-state index contributed by atoms with van der Waals surface area (Å²) in [5, 5.41) is 0. The Hall–Kier alpha value is -1.16. The molecule has 1 atom stereocenters. The minimum absolute atomic E-state index is 0.0937. The number of rotatable bonds is 6. The summed E-state index contributed by atoms with van der Waals surface area (Å²) >= 11 is 0. The van der Waals surface area contributed by atoms with Crippen molar-refractivity contribution in [3.05, 3.63) is 27.9 Å². The van der Waals surface area contributed by atoms with Gasteiger partial charge >= 0.3 is 0 Å². The Labute approximate surface area is 102 Å². The van der Waals surface area contributed by atoms with Gasteiger partial charge in [0.1, 0.15) is 11.9 Å². The highest BCUT2D eigenvalue weighted by Crippen LogP contribution is 2.16. The number of hydrogen-bond acceptors (Lipinski definition) is 3. The lowest BCUT2D eigenvalue weighted by atomic mass is 10.1. The molecule has 4 nitrogen and oxygen atoms in total. The van der Waals surface area contributed by atoms with Crippen molar-refractivity contribution in [2.45, 2.75) is 46.6 Å². The maximum absolute atomic E-state index is 11.6. The fourth-order valence-corrected chi connectivity index (χ4v) is 1.80. The lowest BCUT2D eigenvalue weighted by molar-refractivity contribution is 0.0531. The minimum atomic E-state index is -0.111. The molecule has 0 aliphatic rings. The maximum atomic E-state index is 11.6. The molecule has 96 valence electrons. The van der Waals surface area contributed by atoms with E-state index in [1.54, 1.807) is 6.07 Å². The normalized spacial score (nSPS) is 13.0. The van der Waals surface area contributed by atoms with Crippen LogP contribution in [0.4, 0.5) is 0 Å². The molecule has 0 spiro atoms. The molecule has 0 radical (unpaired) electrons. The SMILES string of the molecule is CCOC(CC)c1nc(CC(C)C)cc(=O)[nH]1. The van der Waals surface area contributed by atoms with Crippen LogP contribution in [0.1, 0.15) is 51.7 Å². The maximum Gasteiger partial charge on any atom is 0.251 e. The molecule has 0 aliphatic carbocycles. The summed E-state index contributed by atoms with van der Waals surface area (Å²) in [7, 11) is 0. The van der Waals surface area contributed by atoms with Crippen molar-refractivity contribution in [3.63, 3.8) is 0 Å². The van der Waals surface area contributed by atoms with E-state index in [0.29, 0.717) is 18.3 Å². The Bertz CT molecular complexity index is 399. The molecule has 4 heteroatoms. The van der Waals surface area contributed by atoms with Gasteiger partial charge in [0.25, 0.3) is 5.56 Å². The summed E-state index contributed by atoms with van der Waals surface area (Å²) in [6, 6.07) is 1.57. The van der Waals surface area contributed by atoms with Crippen LogP contribution < -0.4 is 5.56 Å². The van der Waals surface area contributed by atoms with E-state index < -0.39 is 0 Å². The molecule has 1 N–H and O–H groups in total. The van der Waals surface area contributed by atoms with Crippen molar-refractivity contribution in [1.82, 2.24) is 9.97 Å². The largest absolute Gasteiger partial charge is 0.371 e. The van der Waals surface area contributed by atoms with Crippen LogP contribution in [0.3, 0.4) is 0 Å². The fraction of sp³-hybridized carbons (Fsp3) is 0.692. The lowest BCUT2D eigenvalue weighted by Gasteiger charge is -2.15. The van der Waals surface area contributed by atoms with Crippen LogP contribution in [0.5, 0.6) is 0 Å². The number of aromatic amines is 1. The number of hydrogen-bond donors (Lipinski definition) is 1. The van der Waals surface area contributed by atoms with Crippen LogP contribution in [-0.2, 0) is 11.2 Å². The van der Waals surface area contributed by atoms with Gasteiger partial charge in [-0.3, -0.25) is 4.79 Å². The number of nitrogens with zero attached hydrogens (tertiary/aromatic N) is 1. The molecule has 17 heavy (non-hydrogen) atoms. The first-order valence-corrected chi connectivity index (χ1v) is 6.28. The fourth-order valence-electron chi connectivity index (χ4n) is 1.80. The highest BCUT2D eigenvalue weighted by molar-refractivity contribution is 5.05. The van der Waals surface area contributed by atoms with E-state index in [1.165, 1.54) is 0 Å². The Morgan fingerprint density at radius 3 is 2.65 bits per heavy atom. The molecular formula is C13H22N2O2. The van der Waals surface area contributed by atoms with Gasteiger partial charge in [-0.2, -0.15) is 0 Å². The second-order valence-electron chi connectivity index (χ2n) is 4.57. The van der Waals surface area contributed by atoms with E-state index in [4.69, 9.17) is 4.74 Å². The van der Waals surface area contributed by atoms with Crippen molar-refractivity contribution >= 4 is 0 Å². The number of H-pyrrole nitrogens is 1. The van der Waals surface area contributed by atoms with Crippen LogP contribution in [0, 0.1) is 5.92 Å². The van der Waals surface area contributed by atoms with Gasteiger partial charge in [0.2, 0.25) is 0 Å². The van der Waals surface area contributed by atoms with Crippen molar-refractivity contribution in [3.8, 4) is 0 Å². The molecule has 1 aromatic heterocycles. The molecule has 0 saturated heterocycles. The standard InChI is InChI=1S/C13H22N2O2/c1-5-11(17-6-2)13-14-10(7-9(3)4)8-12(16)15-13/h8-9,11H,5-7H2,1-4H3,(H,14,15,16). The Morgan fingerprint density at radius 1 is 1.41 bits per heavy atom. The summed E-state index contributed by atoms with van der Waals surface area (Å²) in [5.41, 5.74) is 0.751. The van der Waals surface area contributed by atoms with Crippen LogP contribution in [0.2, 0.25) is 0 Å². The van der Waals surface area contributed by atoms with Gasteiger partial charge in [-0.05, 0) is 25.7 Å². The summed E-state index contributed by atoms with van der Waals surface area (Å²) < 4.78 is 5.56. The third kappa shape index (κ3) is 4.30. The Balaban J connectivity index is 2.98. The molecule has 1 rings (SSSR count). The summed E-state index contributed by atoms with van der Waals surface area (Å²) in [6.07, 6.45) is 1.52. The van der Waals surface area contributed by atoms with E-state index in [9.17, 15) is 4.79 Å². The van der Waals surface area contributed by atoms with Gasteiger partial charge in [-0.15, -0.1) is 0 Å². The van der Waals surface area contributed by atoms with Crippen LogP contribution in [-0.4, -0.2) is 16.6 Å². The third-order valence-corrected chi connectivity index (χ3v) is 2.47. The van der Waals surface area contributed by atoms with Crippen molar-refractivity contribution in [2.24, 2.45) is 5.92 Å². The van der Waals surface area contributed by atoms with Crippen LogP contribution in [0.15, 0.2) is 10.9 Å². The first kappa shape index (κ1) is 13.9. The molecule has 1 unspecified atom stereocenters. The average molecular weight is 238 g/mol. The van der Waals surface area contributed by atoms with Gasteiger partial charge in [0.15, 0.2) is 0 Å². The first-order valence-electron chi connectivity index (χ1n) is 6.28. The zero-order valence-electron chi connectivity index (χ0n) is 11.1. The van der Waals surface area contributed by atoms with E-state index >= 15 is 0 Å². The lowest BCUT2D eigenvalue weighted by Crippen LogP contribution is -2.18. The van der Waals surface area contributed by atoms with Gasteiger partial charge in [-0.25, -0.2) is 4.98 Å². The van der Waals surface area contributed by atoms with E-state index in [1.807, 2.05) is 13.8 Å². The van der Waals surface area contributed by atoms with E-state index in [0.717, 1.165) is 18.5 Å². The molecule has 0 saturated carbocycles. The topological polar surface area (TPSA) is 55.0 Å². The average Bonchev–Trinajstić information content (AvgIpc) is 2.23. The van der Waals surface area contributed by atoms with Gasteiger partial charge < -0.3 is 9.72 Å². The summed E-state index contributed by atoms with van der Waals surface area (Å²) in [4.78, 5) is 18.8. The molecule has 0 aromatic carbocycles. The van der Waals surface area contributed by atoms with Crippen LogP contribution >= 0.6 is 0 Å². The number of nitrogens with one attached hydrogen (secondary N) is 1. The molecule has 0 fully saturated rings. The summed E-state index contributed by atoms with van der Waals surface area (Å²) in [6.45, 7) is 8.82. The molecule has 1 heterocycles. The smallest absolute Gasteiger partial charge is 0.251 e. The van der Waals surface area contributed by atoms with Gasteiger partial charge in [0.05, 0.1) is 0 Å². The molecule has 0 amide bonds. The first-order chi connectivity index (χ1) is 8.06. The zero-order chi connectivity index (χ0) is 12.8. The number of aromatic nitrogens is 2. The third-order valence-electron chi connectivity index (χ3n) is 2.47. The molecule has 0 bridgehead atoms. The van der Waals surface area contributed by atoms with Crippen molar-refractivity contribution in [2.75, 3.05) is 6.61 Å². The molecule has 0 aliphatic heterocycles. The van der Waals surface area contributed by atoms with Crippen LogP contribution in [0.25, 0.3) is 0 Å². The second-order valence-corrected chi connectivity index (χ2v) is 4.57. The highest BCUT2D eigenvalue weighted by Gasteiger charge is 2.13. The Morgan fingerprint density at radius 2 is 2.12 bits per heavy atom. The highest BCUT2D eigenvalue weighted by atomic mass is 16.5. The predicted octanol–water partition coefficient (Wildman–Crippen LogP) is 2.46. The molecular weight excluding hydrogens is 216 g/mol. The second kappa shape index (κ2) is 6.55. The predicted molar refractivity (Wildman–Crippen MR) is 68.1 cm³/mol. The van der Waals surface area contributed by atoms with Gasteiger partial charge in [-0.1, -0.05) is 20.8 Å². The monoisotopic (exact) mass is 238 g/mol. The van der Waals surface area contributed by atoms with E-state index in [-0.39, 0.29) is 11.7 Å². The summed E-state index contributed by atoms with van der Waals surface area (Å²) in [5.74, 6) is 1.14. The van der Waals surface area contributed by atoms with Crippen molar-refractivity contribution in [1.29, 1.82) is 0 Å². The Kier molecular flexibility index (Phi) is 5.35. The zero-order valence-corrected chi connectivity index (χ0v) is 11.1. The van der Waals surface area contributed by atoms with Crippen molar-refractivity contribution < 1.29 is 4.74 Å². The molecule has 1 aromatic rings. The van der Waals surface area contributed by atoms with Gasteiger partial charge in [0, 0.05) is 18.4 Å². The van der Waals surface area contributed by atoms with E-state index in [2.05, 4.69) is 23.8 Å². The quantitative estimate of drug-likeness (QED) is 0.828. The minimum Gasteiger partial charge on any atom is -0.371 e.